The number of nitrogens with zero attached hydrogens (tertiary/aromatic N) is 3. The number of ether oxygens (including phenoxy) is 2. The molecule has 0 atom stereocenters. The molecular formula is C38H23F14N3O2. The smallest absolute Gasteiger partial charge is 0.429 e. The standard InChI is InChI=1S/C19H10F7NO.C18H9F7N2O.CH4/c1-9-2-3-16(27-8-9)10-4-12(20)17(13(21)5-10)19(25,26)28-11-6-14(22)18(24)15(23)7-11;1-8-6-26-17(27-7-8)9-2-11(19)15(12(20)3-9)18(24,25)28-10-4-13(21)16(23)14(22)5-10;/h2-8H,1H3;2-7H,1H3;1H4. The third-order valence-electron chi connectivity index (χ3n) is 7.32. The molecule has 0 unspecified atom stereocenters. The van der Waals surface area contributed by atoms with Crippen LogP contribution in [0.2, 0.25) is 0 Å². The zero-order valence-electron chi connectivity index (χ0n) is 28.0. The fourth-order valence-corrected chi connectivity index (χ4v) is 4.74. The first-order chi connectivity index (χ1) is 26.2. The Hall–Kier alpha value is -6.27. The third kappa shape index (κ3) is 9.76. The predicted molar refractivity (Wildman–Crippen MR) is 175 cm³/mol. The summed E-state index contributed by atoms with van der Waals surface area (Å²) in [4.78, 5) is 11.6. The molecule has 2 heterocycles. The molecule has 0 aliphatic heterocycles. The van der Waals surface area contributed by atoms with Crippen molar-refractivity contribution < 1.29 is 70.9 Å². The van der Waals surface area contributed by atoms with Crippen molar-refractivity contribution in [3.05, 3.63) is 160 Å². The molecule has 0 saturated carbocycles. The second-order valence-electron chi connectivity index (χ2n) is 11.6. The Kier molecular flexibility index (Phi) is 12.8. The number of benzene rings is 4. The lowest BCUT2D eigenvalue weighted by Crippen LogP contribution is -2.25. The van der Waals surface area contributed by atoms with Crippen LogP contribution in [0.1, 0.15) is 29.7 Å². The SMILES string of the molecule is C.Cc1ccc(-c2cc(F)c(C(F)(F)Oc3cc(F)c(F)c(F)c3)c(F)c2)nc1.Cc1cnc(-c2cc(F)c(C(F)(F)Oc3cc(F)c(F)c(F)c3)c(F)c2)nc1. The van der Waals surface area contributed by atoms with E-state index >= 15 is 0 Å². The number of halogens is 14. The summed E-state index contributed by atoms with van der Waals surface area (Å²) >= 11 is 0. The maximum Gasteiger partial charge on any atom is 0.432 e. The van der Waals surface area contributed by atoms with E-state index in [2.05, 4.69) is 24.4 Å². The van der Waals surface area contributed by atoms with E-state index in [1.54, 1.807) is 19.9 Å². The van der Waals surface area contributed by atoms with Crippen LogP contribution in [0, 0.1) is 72.0 Å². The number of pyridine rings is 1. The highest BCUT2D eigenvalue weighted by atomic mass is 19.3. The quantitative estimate of drug-likeness (QED) is 0.113. The van der Waals surface area contributed by atoms with Crippen LogP contribution in [0.3, 0.4) is 0 Å². The van der Waals surface area contributed by atoms with Crippen LogP contribution in [-0.4, -0.2) is 15.0 Å². The number of rotatable bonds is 8. The molecule has 0 saturated heterocycles. The third-order valence-corrected chi connectivity index (χ3v) is 7.32. The van der Waals surface area contributed by atoms with Crippen LogP contribution in [0.25, 0.3) is 22.6 Å². The molecule has 6 aromatic rings. The van der Waals surface area contributed by atoms with Crippen LogP contribution >= 0.6 is 0 Å². The summed E-state index contributed by atoms with van der Waals surface area (Å²) in [5.41, 5.74) is -2.30. The summed E-state index contributed by atoms with van der Waals surface area (Å²) in [5.74, 6) is -20.2. The lowest BCUT2D eigenvalue weighted by atomic mass is 10.1. The summed E-state index contributed by atoms with van der Waals surface area (Å²) in [6, 6.07) is 5.94. The van der Waals surface area contributed by atoms with Crippen molar-refractivity contribution in [2.24, 2.45) is 0 Å². The average molecular weight is 820 g/mol. The lowest BCUT2D eigenvalue weighted by molar-refractivity contribution is -0.190. The fourth-order valence-electron chi connectivity index (χ4n) is 4.74. The zero-order chi connectivity index (χ0) is 41.3. The van der Waals surface area contributed by atoms with Crippen LogP contribution in [0.5, 0.6) is 11.5 Å². The van der Waals surface area contributed by atoms with Crippen molar-refractivity contribution >= 4 is 0 Å². The molecule has 6 rings (SSSR count). The number of aromatic nitrogens is 3. The fraction of sp³-hybridized carbons (Fsp3) is 0.132. The van der Waals surface area contributed by atoms with E-state index < -0.39 is 93.0 Å². The molecular weight excluding hydrogens is 796 g/mol. The van der Waals surface area contributed by atoms with Gasteiger partial charge in [-0.25, -0.2) is 53.9 Å². The largest absolute Gasteiger partial charge is 0.432 e. The van der Waals surface area contributed by atoms with Crippen molar-refractivity contribution in [1.82, 2.24) is 15.0 Å². The topological polar surface area (TPSA) is 57.1 Å². The molecule has 0 fully saturated rings. The van der Waals surface area contributed by atoms with Gasteiger partial charge in [0.1, 0.15) is 45.9 Å². The Balaban J connectivity index is 0.000000248. The molecule has 0 spiro atoms. The van der Waals surface area contributed by atoms with Crippen LogP contribution in [0.15, 0.2) is 79.3 Å². The van der Waals surface area contributed by atoms with Gasteiger partial charge in [0.05, 0.1) is 5.69 Å². The molecule has 0 N–H and O–H groups in total. The molecule has 300 valence electrons. The summed E-state index contributed by atoms with van der Waals surface area (Å²) in [6.07, 6.45) is -5.14. The van der Waals surface area contributed by atoms with Gasteiger partial charge < -0.3 is 9.47 Å². The van der Waals surface area contributed by atoms with Gasteiger partial charge in [0.2, 0.25) is 0 Å². The zero-order valence-corrected chi connectivity index (χ0v) is 28.0. The lowest BCUT2D eigenvalue weighted by Gasteiger charge is -2.20. The average Bonchev–Trinajstić information content (AvgIpc) is 3.09. The number of hydrogen-bond donors (Lipinski definition) is 0. The summed E-state index contributed by atoms with van der Waals surface area (Å²) in [7, 11) is 0. The minimum Gasteiger partial charge on any atom is -0.429 e. The van der Waals surface area contributed by atoms with Gasteiger partial charge in [0.15, 0.2) is 40.7 Å². The van der Waals surface area contributed by atoms with E-state index in [0.717, 1.165) is 5.56 Å². The molecule has 4 aromatic carbocycles. The van der Waals surface area contributed by atoms with Crippen molar-refractivity contribution in [2.75, 3.05) is 0 Å². The number of aryl methyl sites for hydroxylation is 2. The van der Waals surface area contributed by atoms with E-state index in [1.165, 1.54) is 24.7 Å². The predicted octanol–water partition coefficient (Wildman–Crippen LogP) is 11.8. The summed E-state index contributed by atoms with van der Waals surface area (Å²) < 4.78 is 200. The molecule has 57 heavy (non-hydrogen) atoms. The maximum atomic E-state index is 14.3. The molecule has 2 aromatic heterocycles. The monoisotopic (exact) mass is 819 g/mol. The van der Waals surface area contributed by atoms with E-state index in [-0.39, 0.29) is 54.3 Å². The summed E-state index contributed by atoms with van der Waals surface area (Å²) in [6.45, 7) is 3.41. The molecule has 0 aliphatic rings. The van der Waals surface area contributed by atoms with Crippen LogP contribution < -0.4 is 9.47 Å². The van der Waals surface area contributed by atoms with Gasteiger partial charge >= 0.3 is 12.2 Å². The first kappa shape index (κ1) is 43.5. The molecule has 0 bridgehead atoms. The van der Waals surface area contributed by atoms with E-state index in [4.69, 9.17) is 0 Å². The highest BCUT2D eigenvalue weighted by molar-refractivity contribution is 5.60. The van der Waals surface area contributed by atoms with Gasteiger partial charge in [-0.05, 0) is 55.3 Å². The first-order valence-corrected chi connectivity index (χ1v) is 15.3. The second kappa shape index (κ2) is 16.8. The Morgan fingerprint density at radius 2 is 0.789 bits per heavy atom. The van der Waals surface area contributed by atoms with Crippen molar-refractivity contribution in [1.29, 1.82) is 0 Å². The van der Waals surface area contributed by atoms with E-state index in [9.17, 15) is 61.5 Å². The molecule has 0 radical (unpaired) electrons. The van der Waals surface area contributed by atoms with Gasteiger partial charge in [-0.2, -0.15) is 17.6 Å². The molecule has 0 amide bonds. The van der Waals surface area contributed by atoms with Crippen molar-refractivity contribution in [2.45, 2.75) is 33.5 Å². The van der Waals surface area contributed by atoms with Gasteiger partial charge in [-0.1, -0.05) is 13.5 Å². The Labute approximate surface area is 313 Å². The highest BCUT2D eigenvalue weighted by Crippen LogP contribution is 2.39. The van der Waals surface area contributed by atoms with Gasteiger partial charge in [-0.15, -0.1) is 0 Å². The summed E-state index contributed by atoms with van der Waals surface area (Å²) in [5, 5.41) is 0. The van der Waals surface area contributed by atoms with Crippen LogP contribution in [0.4, 0.5) is 61.5 Å². The van der Waals surface area contributed by atoms with Crippen LogP contribution in [-0.2, 0) is 12.2 Å². The van der Waals surface area contributed by atoms with Gasteiger partial charge in [0.25, 0.3) is 0 Å². The van der Waals surface area contributed by atoms with Crippen molar-refractivity contribution in [3.8, 4) is 34.1 Å². The number of hydrogen-bond acceptors (Lipinski definition) is 5. The number of alkyl halides is 4. The first-order valence-electron chi connectivity index (χ1n) is 15.3. The maximum absolute atomic E-state index is 14.3. The normalized spacial score (nSPS) is 11.4. The Bertz CT molecular complexity index is 2150. The Morgan fingerprint density at radius 3 is 1.14 bits per heavy atom. The molecule has 5 nitrogen and oxygen atoms in total. The molecule has 19 heteroatoms. The van der Waals surface area contributed by atoms with Crippen molar-refractivity contribution in [3.63, 3.8) is 0 Å². The van der Waals surface area contributed by atoms with E-state index in [1.807, 2.05) is 0 Å². The minimum atomic E-state index is -4.66. The van der Waals surface area contributed by atoms with Gasteiger partial charge in [-0.3, -0.25) is 4.98 Å². The van der Waals surface area contributed by atoms with E-state index in [0.29, 0.717) is 29.8 Å². The van der Waals surface area contributed by atoms with Gasteiger partial charge in [0, 0.05) is 54.0 Å². The Morgan fingerprint density at radius 1 is 0.439 bits per heavy atom. The molecule has 0 aliphatic carbocycles. The minimum absolute atomic E-state index is 0. The second-order valence-corrected chi connectivity index (χ2v) is 11.6. The highest BCUT2D eigenvalue weighted by Gasteiger charge is 2.43.